The molecule has 0 aliphatic carbocycles. The molecule has 10 heteroatoms. The molecule has 1 saturated heterocycles. The fourth-order valence-corrected chi connectivity index (χ4v) is 7.41. The van der Waals surface area contributed by atoms with E-state index in [1.165, 1.54) is 47.0 Å². The van der Waals surface area contributed by atoms with Crippen molar-refractivity contribution in [3.05, 3.63) is 57.9 Å². The fourth-order valence-electron chi connectivity index (χ4n) is 4.63. The SMILES string of the molecule is COC(=O)Cn1c(=NC(=O)c2ccc(S(=O)(=O)N3CC(C)CC(C)C3)cc2)sc2cc(C)c(C)cc21. The summed E-state index contributed by atoms with van der Waals surface area (Å²) in [6, 6.07) is 9.87. The van der Waals surface area contributed by atoms with Crippen LogP contribution in [0.3, 0.4) is 0 Å². The van der Waals surface area contributed by atoms with Crippen molar-refractivity contribution in [2.24, 2.45) is 16.8 Å². The van der Waals surface area contributed by atoms with E-state index in [0.717, 1.165) is 27.8 Å². The second-order valence-electron chi connectivity index (χ2n) is 9.66. The van der Waals surface area contributed by atoms with Crippen molar-refractivity contribution in [1.29, 1.82) is 0 Å². The first-order valence-corrected chi connectivity index (χ1v) is 14.1. The van der Waals surface area contributed by atoms with Gasteiger partial charge in [0.2, 0.25) is 10.0 Å². The largest absolute Gasteiger partial charge is 0.468 e. The number of fused-ring (bicyclic) bond motifs is 1. The van der Waals surface area contributed by atoms with Crippen LogP contribution < -0.4 is 4.80 Å². The molecule has 1 aliphatic heterocycles. The minimum Gasteiger partial charge on any atom is -0.468 e. The number of rotatable bonds is 5. The molecule has 3 aromatic rings. The predicted molar refractivity (Wildman–Crippen MR) is 139 cm³/mol. The maximum absolute atomic E-state index is 13.2. The average Bonchev–Trinajstić information content (AvgIpc) is 3.14. The number of thiazole rings is 1. The van der Waals surface area contributed by atoms with Crippen LogP contribution in [0.1, 0.15) is 41.8 Å². The summed E-state index contributed by atoms with van der Waals surface area (Å²) >= 11 is 1.31. The highest BCUT2D eigenvalue weighted by molar-refractivity contribution is 7.89. The van der Waals surface area contributed by atoms with E-state index in [1.54, 1.807) is 4.57 Å². The van der Waals surface area contributed by atoms with Crippen LogP contribution in [0, 0.1) is 25.7 Å². The summed E-state index contributed by atoms with van der Waals surface area (Å²) in [5, 5.41) is 0. The van der Waals surface area contributed by atoms with Crippen LogP contribution in [0.2, 0.25) is 0 Å². The topological polar surface area (TPSA) is 98.0 Å². The number of benzene rings is 2. The van der Waals surface area contributed by atoms with E-state index in [2.05, 4.69) is 18.8 Å². The van der Waals surface area contributed by atoms with E-state index < -0.39 is 21.9 Å². The Balaban J connectivity index is 1.67. The highest BCUT2D eigenvalue weighted by Crippen LogP contribution is 2.27. The Morgan fingerprint density at radius 2 is 1.67 bits per heavy atom. The molecule has 1 aromatic heterocycles. The molecular weight excluding hydrogens is 498 g/mol. The van der Waals surface area contributed by atoms with Crippen LogP contribution >= 0.6 is 11.3 Å². The summed E-state index contributed by atoms with van der Waals surface area (Å²) in [4.78, 5) is 29.9. The summed E-state index contributed by atoms with van der Waals surface area (Å²) in [5.41, 5.74) is 3.22. The molecule has 1 aliphatic rings. The van der Waals surface area contributed by atoms with Crippen molar-refractivity contribution < 1.29 is 22.7 Å². The van der Waals surface area contributed by atoms with Crippen LogP contribution in [0.5, 0.6) is 0 Å². The van der Waals surface area contributed by atoms with Gasteiger partial charge in [0.1, 0.15) is 6.54 Å². The van der Waals surface area contributed by atoms with Crippen molar-refractivity contribution in [1.82, 2.24) is 8.87 Å². The van der Waals surface area contributed by atoms with Gasteiger partial charge in [-0.2, -0.15) is 9.30 Å². The van der Waals surface area contributed by atoms with Gasteiger partial charge in [0.25, 0.3) is 5.91 Å². The first kappa shape index (κ1) is 26.2. The number of piperidine rings is 1. The molecule has 8 nitrogen and oxygen atoms in total. The first-order valence-electron chi connectivity index (χ1n) is 11.9. The molecule has 2 atom stereocenters. The molecule has 0 N–H and O–H groups in total. The normalized spacial score (nSPS) is 19.5. The van der Waals surface area contributed by atoms with Crippen LogP contribution in [0.25, 0.3) is 10.2 Å². The Hall–Kier alpha value is -2.82. The molecule has 0 saturated carbocycles. The minimum absolute atomic E-state index is 0.0744. The van der Waals surface area contributed by atoms with Gasteiger partial charge in [0.05, 0.1) is 22.2 Å². The molecule has 2 heterocycles. The highest BCUT2D eigenvalue weighted by Gasteiger charge is 2.31. The number of nitrogens with zero attached hydrogens (tertiary/aromatic N) is 3. The Morgan fingerprint density at radius 3 is 2.28 bits per heavy atom. The number of carbonyl (C=O) groups is 2. The molecule has 0 bridgehead atoms. The maximum atomic E-state index is 13.2. The lowest BCUT2D eigenvalue weighted by atomic mass is 9.94. The van der Waals surface area contributed by atoms with E-state index in [-0.39, 0.29) is 17.0 Å². The Kier molecular flexibility index (Phi) is 7.49. The maximum Gasteiger partial charge on any atom is 0.325 e. The summed E-state index contributed by atoms with van der Waals surface area (Å²) in [6.45, 7) is 9.02. The van der Waals surface area contributed by atoms with Gasteiger partial charge in [0, 0.05) is 18.7 Å². The number of sulfonamides is 1. The van der Waals surface area contributed by atoms with Crippen molar-refractivity contribution in [3.8, 4) is 0 Å². The Morgan fingerprint density at radius 1 is 1.06 bits per heavy atom. The number of ether oxygens (including phenoxy) is 1. The van der Waals surface area contributed by atoms with Crippen molar-refractivity contribution in [2.45, 2.75) is 45.6 Å². The highest BCUT2D eigenvalue weighted by atomic mass is 32.2. The van der Waals surface area contributed by atoms with Gasteiger partial charge in [-0.15, -0.1) is 0 Å². The summed E-state index contributed by atoms with van der Waals surface area (Å²) < 4.78 is 35.3. The Bertz CT molecular complexity index is 1480. The number of hydrogen-bond donors (Lipinski definition) is 0. The van der Waals surface area contributed by atoms with Gasteiger partial charge in [0.15, 0.2) is 4.80 Å². The second kappa shape index (κ2) is 10.3. The lowest BCUT2D eigenvalue weighted by Gasteiger charge is -2.34. The second-order valence-corrected chi connectivity index (χ2v) is 12.6. The van der Waals surface area contributed by atoms with Crippen LogP contribution in [-0.2, 0) is 26.1 Å². The molecule has 36 heavy (non-hydrogen) atoms. The monoisotopic (exact) mass is 529 g/mol. The predicted octanol–water partition coefficient (Wildman–Crippen LogP) is 3.90. The molecule has 192 valence electrons. The van der Waals surface area contributed by atoms with Crippen molar-refractivity contribution in [2.75, 3.05) is 20.2 Å². The number of aryl methyl sites for hydroxylation is 2. The van der Waals surface area contributed by atoms with Gasteiger partial charge in [-0.1, -0.05) is 25.2 Å². The van der Waals surface area contributed by atoms with Gasteiger partial charge < -0.3 is 9.30 Å². The lowest BCUT2D eigenvalue weighted by molar-refractivity contribution is -0.141. The van der Waals surface area contributed by atoms with Crippen molar-refractivity contribution in [3.63, 3.8) is 0 Å². The van der Waals surface area contributed by atoms with Crippen molar-refractivity contribution >= 4 is 43.5 Å². The van der Waals surface area contributed by atoms with Crippen LogP contribution in [-0.4, -0.2) is 49.4 Å². The smallest absolute Gasteiger partial charge is 0.325 e. The molecule has 0 radical (unpaired) electrons. The van der Waals surface area contributed by atoms with Gasteiger partial charge >= 0.3 is 5.97 Å². The molecule has 1 amide bonds. The lowest BCUT2D eigenvalue weighted by Crippen LogP contribution is -2.42. The number of carbonyl (C=O) groups excluding carboxylic acids is 2. The van der Waals surface area contributed by atoms with Crippen LogP contribution in [0.4, 0.5) is 0 Å². The van der Waals surface area contributed by atoms with Gasteiger partial charge in [-0.05, 0) is 79.6 Å². The van der Waals surface area contributed by atoms with E-state index in [9.17, 15) is 18.0 Å². The Labute approximate surface area is 215 Å². The zero-order valence-corrected chi connectivity index (χ0v) is 22.8. The summed E-state index contributed by atoms with van der Waals surface area (Å²) in [6.07, 6.45) is 1.01. The zero-order valence-electron chi connectivity index (χ0n) is 21.1. The number of aromatic nitrogens is 1. The van der Waals surface area contributed by atoms with Gasteiger partial charge in [-0.25, -0.2) is 8.42 Å². The van der Waals surface area contributed by atoms with Crippen LogP contribution in [0.15, 0.2) is 46.3 Å². The van der Waals surface area contributed by atoms with Gasteiger partial charge in [-0.3, -0.25) is 9.59 Å². The third-order valence-corrected chi connectivity index (χ3v) is 9.47. The molecule has 0 spiro atoms. The first-order chi connectivity index (χ1) is 17.0. The molecule has 2 unspecified atom stereocenters. The number of amides is 1. The quantitative estimate of drug-likeness (QED) is 0.467. The van der Waals surface area contributed by atoms with E-state index in [0.29, 0.717) is 29.7 Å². The molecule has 2 aromatic carbocycles. The standard InChI is InChI=1S/C26H31N3O5S2/c1-16-10-17(2)14-28(13-16)36(32,33)21-8-6-20(7-9-21)25(31)27-26-29(15-24(30)34-5)22-11-18(3)19(4)12-23(22)35-26/h6-9,11-12,16-17H,10,13-15H2,1-5H3. The molecular formula is C26H31N3O5S2. The molecule has 1 fully saturated rings. The number of esters is 1. The third-order valence-electron chi connectivity index (χ3n) is 6.58. The fraction of sp³-hybridized carbons (Fsp3) is 0.423. The van der Waals surface area contributed by atoms with E-state index in [4.69, 9.17) is 4.74 Å². The number of methoxy groups -OCH3 is 1. The number of hydrogen-bond acceptors (Lipinski definition) is 6. The minimum atomic E-state index is -3.64. The summed E-state index contributed by atoms with van der Waals surface area (Å²) in [5.74, 6) is -0.363. The third kappa shape index (κ3) is 5.30. The van der Waals surface area contributed by atoms with E-state index >= 15 is 0 Å². The average molecular weight is 530 g/mol. The van der Waals surface area contributed by atoms with E-state index in [1.807, 2.05) is 26.0 Å². The molecule has 4 rings (SSSR count). The summed E-state index contributed by atoms with van der Waals surface area (Å²) in [7, 11) is -2.32. The zero-order chi connectivity index (χ0) is 26.2.